The molecule has 0 aliphatic heterocycles. The highest BCUT2D eigenvalue weighted by Crippen LogP contribution is 2.26. The Balaban J connectivity index is 1.38. The topological polar surface area (TPSA) is 92.9 Å². The molecule has 35 heavy (non-hydrogen) atoms. The van der Waals surface area contributed by atoms with Crippen molar-refractivity contribution in [1.82, 2.24) is 25.3 Å². The average molecular weight is 468 g/mol. The van der Waals surface area contributed by atoms with Crippen LogP contribution >= 0.6 is 0 Å². The Hall–Kier alpha value is -4.43. The van der Waals surface area contributed by atoms with Crippen LogP contribution < -0.4 is 5.32 Å². The van der Waals surface area contributed by atoms with E-state index in [9.17, 15) is 14.3 Å². The van der Waals surface area contributed by atoms with Crippen molar-refractivity contribution < 1.29 is 14.3 Å². The second-order valence-electron chi connectivity index (χ2n) is 8.10. The summed E-state index contributed by atoms with van der Waals surface area (Å²) in [6, 6.07) is 22.0. The van der Waals surface area contributed by atoms with Gasteiger partial charge in [0.2, 0.25) is 0 Å². The molecule has 2 aromatic heterocycles. The predicted molar refractivity (Wildman–Crippen MR) is 130 cm³/mol. The van der Waals surface area contributed by atoms with Crippen molar-refractivity contribution in [3.05, 3.63) is 114 Å². The second-order valence-corrected chi connectivity index (χ2v) is 8.10. The van der Waals surface area contributed by atoms with Gasteiger partial charge in [-0.15, -0.1) is 5.10 Å². The van der Waals surface area contributed by atoms with E-state index in [0.29, 0.717) is 23.4 Å². The first-order valence-corrected chi connectivity index (χ1v) is 11.1. The molecule has 0 aliphatic rings. The first-order chi connectivity index (χ1) is 17.1. The number of nitrogens with zero attached hydrogens (tertiary/aromatic N) is 4. The number of aromatic nitrogens is 4. The summed E-state index contributed by atoms with van der Waals surface area (Å²) in [5.74, 6) is -0.802. The molecule has 0 bridgehead atoms. The third kappa shape index (κ3) is 4.78. The lowest BCUT2D eigenvalue weighted by atomic mass is 10.0. The maximum absolute atomic E-state index is 13.6. The number of pyridine rings is 1. The van der Waals surface area contributed by atoms with Gasteiger partial charge in [-0.05, 0) is 41.5 Å². The van der Waals surface area contributed by atoms with Crippen LogP contribution in [-0.2, 0) is 6.54 Å². The highest BCUT2D eigenvalue weighted by atomic mass is 19.1. The summed E-state index contributed by atoms with van der Waals surface area (Å²) in [5.41, 5.74) is 4.17. The fraction of sp³-hybridized carbons (Fsp3) is 0.111. The van der Waals surface area contributed by atoms with E-state index in [-0.39, 0.29) is 12.5 Å². The van der Waals surface area contributed by atoms with Gasteiger partial charge in [-0.1, -0.05) is 53.7 Å². The SMILES string of the molecule is O=C(NC(CO)c1cccc(F)c1)c1ccccc1Cn1cc(-c2cccc3ncccc23)nn1. The molecule has 0 saturated carbocycles. The van der Waals surface area contributed by atoms with Gasteiger partial charge in [-0.25, -0.2) is 9.07 Å². The van der Waals surface area contributed by atoms with Crippen LogP contribution in [0.2, 0.25) is 0 Å². The zero-order valence-electron chi connectivity index (χ0n) is 18.7. The molecule has 2 heterocycles. The van der Waals surface area contributed by atoms with Gasteiger partial charge in [0.25, 0.3) is 5.91 Å². The summed E-state index contributed by atoms with van der Waals surface area (Å²) in [6.07, 6.45) is 3.58. The van der Waals surface area contributed by atoms with Gasteiger partial charge >= 0.3 is 0 Å². The number of aliphatic hydroxyl groups excluding tert-OH is 1. The lowest BCUT2D eigenvalue weighted by Crippen LogP contribution is -2.31. The van der Waals surface area contributed by atoms with Gasteiger partial charge < -0.3 is 10.4 Å². The highest BCUT2D eigenvalue weighted by molar-refractivity contribution is 5.96. The van der Waals surface area contributed by atoms with E-state index >= 15 is 0 Å². The molecule has 0 fully saturated rings. The maximum atomic E-state index is 13.6. The Kier molecular flexibility index (Phi) is 6.28. The van der Waals surface area contributed by atoms with Crippen LogP contribution in [0.4, 0.5) is 4.39 Å². The Labute approximate surface area is 200 Å². The Morgan fingerprint density at radius 3 is 2.74 bits per heavy atom. The summed E-state index contributed by atoms with van der Waals surface area (Å²) in [4.78, 5) is 17.5. The zero-order chi connectivity index (χ0) is 24.2. The van der Waals surface area contributed by atoms with Gasteiger partial charge in [0.1, 0.15) is 11.5 Å². The highest BCUT2D eigenvalue weighted by Gasteiger charge is 2.18. The van der Waals surface area contributed by atoms with Crippen LogP contribution in [0.3, 0.4) is 0 Å². The fourth-order valence-corrected chi connectivity index (χ4v) is 4.07. The van der Waals surface area contributed by atoms with Gasteiger partial charge in [0.15, 0.2) is 0 Å². The first-order valence-electron chi connectivity index (χ1n) is 11.1. The van der Waals surface area contributed by atoms with E-state index in [1.54, 1.807) is 35.1 Å². The minimum atomic E-state index is -0.732. The summed E-state index contributed by atoms with van der Waals surface area (Å²) in [6.45, 7) is -0.0347. The van der Waals surface area contributed by atoms with Crippen molar-refractivity contribution in [2.45, 2.75) is 12.6 Å². The third-order valence-corrected chi connectivity index (χ3v) is 5.79. The molecule has 174 valence electrons. The van der Waals surface area contributed by atoms with E-state index in [1.807, 2.05) is 48.7 Å². The normalized spacial score (nSPS) is 11.9. The molecule has 0 saturated heterocycles. The molecule has 5 aromatic rings. The van der Waals surface area contributed by atoms with Crippen LogP contribution in [0.1, 0.15) is 27.5 Å². The quantitative estimate of drug-likeness (QED) is 0.375. The summed E-state index contributed by atoms with van der Waals surface area (Å²) in [5, 5.41) is 22.2. The van der Waals surface area contributed by atoms with E-state index in [2.05, 4.69) is 20.6 Å². The van der Waals surface area contributed by atoms with Gasteiger partial charge in [0, 0.05) is 22.7 Å². The molecule has 1 unspecified atom stereocenters. The molecule has 5 rings (SSSR count). The predicted octanol–water partition coefficient (Wildman–Crippen LogP) is 4.14. The number of amides is 1. The van der Waals surface area contributed by atoms with E-state index in [0.717, 1.165) is 22.0 Å². The minimum Gasteiger partial charge on any atom is -0.394 e. The van der Waals surface area contributed by atoms with E-state index in [4.69, 9.17) is 0 Å². The lowest BCUT2D eigenvalue weighted by molar-refractivity contribution is 0.0915. The van der Waals surface area contributed by atoms with Gasteiger partial charge in [-0.3, -0.25) is 9.78 Å². The van der Waals surface area contributed by atoms with Crippen LogP contribution in [0, 0.1) is 5.82 Å². The second kappa shape index (κ2) is 9.82. The van der Waals surface area contributed by atoms with Crippen molar-refractivity contribution in [3.63, 3.8) is 0 Å². The molecule has 0 aliphatic carbocycles. The largest absolute Gasteiger partial charge is 0.394 e. The van der Waals surface area contributed by atoms with Crippen molar-refractivity contribution in [2.24, 2.45) is 0 Å². The van der Waals surface area contributed by atoms with Crippen LogP contribution in [0.15, 0.2) is 91.3 Å². The van der Waals surface area contributed by atoms with E-state index < -0.39 is 11.9 Å². The molecule has 1 amide bonds. The molecule has 3 aromatic carbocycles. The van der Waals surface area contributed by atoms with Crippen LogP contribution in [0.25, 0.3) is 22.2 Å². The number of carbonyl (C=O) groups excluding carboxylic acids is 1. The first kappa shape index (κ1) is 22.4. The van der Waals surface area contributed by atoms with Crippen molar-refractivity contribution >= 4 is 16.8 Å². The van der Waals surface area contributed by atoms with Crippen molar-refractivity contribution in [3.8, 4) is 11.3 Å². The monoisotopic (exact) mass is 467 g/mol. The number of fused-ring (bicyclic) bond motifs is 1. The minimum absolute atomic E-state index is 0.323. The van der Waals surface area contributed by atoms with Gasteiger partial charge in [-0.2, -0.15) is 0 Å². The Bertz CT molecular complexity index is 1490. The molecule has 7 nitrogen and oxygen atoms in total. The summed E-state index contributed by atoms with van der Waals surface area (Å²) in [7, 11) is 0. The summed E-state index contributed by atoms with van der Waals surface area (Å²) < 4.78 is 15.3. The number of benzene rings is 3. The Morgan fingerprint density at radius 2 is 1.89 bits per heavy atom. The number of nitrogens with one attached hydrogen (secondary N) is 1. The van der Waals surface area contributed by atoms with Crippen LogP contribution in [-0.4, -0.2) is 37.6 Å². The third-order valence-electron chi connectivity index (χ3n) is 5.79. The maximum Gasteiger partial charge on any atom is 0.252 e. The van der Waals surface area contributed by atoms with Crippen molar-refractivity contribution in [2.75, 3.05) is 6.61 Å². The molecule has 0 spiro atoms. The smallest absolute Gasteiger partial charge is 0.252 e. The lowest BCUT2D eigenvalue weighted by Gasteiger charge is -2.18. The number of rotatable bonds is 7. The van der Waals surface area contributed by atoms with E-state index in [1.165, 1.54) is 12.1 Å². The number of hydrogen-bond acceptors (Lipinski definition) is 5. The Morgan fingerprint density at radius 1 is 1.03 bits per heavy atom. The molecule has 8 heteroatoms. The van der Waals surface area contributed by atoms with Crippen molar-refractivity contribution in [1.29, 1.82) is 0 Å². The molecule has 1 atom stereocenters. The number of aliphatic hydroxyl groups is 1. The van der Waals surface area contributed by atoms with Gasteiger partial charge in [0.05, 0.1) is 30.9 Å². The zero-order valence-corrected chi connectivity index (χ0v) is 18.7. The standard InChI is InChI=1S/C27H22FN5O2/c28-20-8-3-7-18(14-20)26(17-34)30-27(35)21-9-2-1-6-19(21)15-33-16-25(31-32-33)23-10-4-12-24-22(23)11-5-13-29-24/h1-14,16,26,34H,15,17H2,(H,30,35). The van der Waals surface area contributed by atoms with Crippen LogP contribution in [0.5, 0.6) is 0 Å². The summed E-state index contributed by atoms with van der Waals surface area (Å²) >= 11 is 0. The average Bonchev–Trinajstić information content (AvgIpc) is 3.35. The molecular weight excluding hydrogens is 445 g/mol. The molecular formula is C27H22FN5O2. The number of halogens is 1. The number of hydrogen-bond donors (Lipinski definition) is 2. The number of carbonyl (C=O) groups is 1. The molecule has 0 radical (unpaired) electrons. The molecule has 2 N–H and O–H groups in total. The fourth-order valence-electron chi connectivity index (χ4n) is 4.07.